The Bertz CT molecular complexity index is 337. The minimum absolute atomic E-state index is 0.314. The molecule has 14 heavy (non-hydrogen) atoms. The van der Waals surface area contributed by atoms with E-state index in [1.807, 2.05) is 11.3 Å². The van der Waals surface area contributed by atoms with Crippen LogP contribution in [0.4, 0.5) is 0 Å². The zero-order valence-electron chi connectivity index (χ0n) is 9.13. The molecule has 0 bridgehead atoms. The van der Waals surface area contributed by atoms with Gasteiger partial charge in [0.25, 0.3) is 0 Å². The fourth-order valence-corrected chi connectivity index (χ4v) is 3.16. The van der Waals surface area contributed by atoms with Crippen LogP contribution in [0.5, 0.6) is 0 Å². The molecule has 1 fully saturated rings. The Morgan fingerprint density at radius 3 is 2.50 bits per heavy atom. The molecule has 0 unspecified atom stereocenters. The summed E-state index contributed by atoms with van der Waals surface area (Å²) in [6, 6.07) is 0. The van der Waals surface area contributed by atoms with Gasteiger partial charge in [-0.1, -0.05) is 13.8 Å². The van der Waals surface area contributed by atoms with Gasteiger partial charge in [0.1, 0.15) is 0 Å². The Morgan fingerprint density at radius 2 is 2.14 bits per heavy atom. The van der Waals surface area contributed by atoms with Crippen molar-refractivity contribution in [2.45, 2.75) is 44.9 Å². The Kier molecular flexibility index (Phi) is 2.40. The van der Waals surface area contributed by atoms with E-state index in [1.54, 1.807) is 0 Å². The summed E-state index contributed by atoms with van der Waals surface area (Å²) in [5.41, 5.74) is 7.36. The summed E-state index contributed by atoms with van der Waals surface area (Å²) in [5.74, 6) is 0.543. The maximum absolute atomic E-state index is 5.83. The van der Waals surface area contributed by atoms with Gasteiger partial charge in [0.2, 0.25) is 0 Å². The molecule has 0 radical (unpaired) electrons. The van der Waals surface area contributed by atoms with Crippen molar-refractivity contribution in [3.05, 3.63) is 15.6 Å². The number of hydrogen-bond acceptors (Lipinski definition) is 3. The minimum Gasteiger partial charge on any atom is -0.330 e. The van der Waals surface area contributed by atoms with Crippen LogP contribution in [0, 0.1) is 6.92 Å². The summed E-state index contributed by atoms with van der Waals surface area (Å²) < 4.78 is 0. The van der Waals surface area contributed by atoms with E-state index in [-0.39, 0.29) is 0 Å². The first-order valence-corrected chi connectivity index (χ1v) is 6.08. The third-order valence-corrected chi connectivity index (χ3v) is 4.74. The second-order valence-electron chi connectivity index (χ2n) is 4.61. The molecule has 0 amide bonds. The van der Waals surface area contributed by atoms with Gasteiger partial charge < -0.3 is 5.73 Å². The summed E-state index contributed by atoms with van der Waals surface area (Å²) in [5, 5.41) is 1.26. The normalized spacial score (nSPS) is 18.9. The highest BCUT2D eigenvalue weighted by atomic mass is 32.1. The highest BCUT2D eigenvalue weighted by molar-refractivity contribution is 7.12. The monoisotopic (exact) mass is 210 g/mol. The van der Waals surface area contributed by atoms with Crippen molar-refractivity contribution in [1.29, 1.82) is 0 Å². The molecular formula is C11H18N2S. The van der Waals surface area contributed by atoms with Gasteiger partial charge in [-0.15, -0.1) is 11.3 Å². The fourth-order valence-electron chi connectivity index (χ4n) is 1.83. The maximum Gasteiger partial charge on any atom is 0.0956 e. The number of hydrogen-bond donors (Lipinski definition) is 1. The molecule has 2 rings (SSSR count). The third kappa shape index (κ3) is 1.48. The molecule has 1 aromatic heterocycles. The van der Waals surface area contributed by atoms with E-state index in [0.29, 0.717) is 11.3 Å². The summed E-state index contributed by atoms with van der Waals surface area (Å²) in [6.45, 7) is 7.30. The highest BCUT2D eigenvalue weighted by Crippen LogP contribution is 2.50. The van der Waals surface area contributed by atoms with E-state index in [0.717, 1.165) is 6.54 Å². The van der Waals surface area contributed by atoms with Crippen LogP contribution >= 0.6 is 11.3 Å². The van der Waals surface area contributed by atoms with Gasteiger partial charge in [-0.05, 0) is 19.8 Å². The standard InChI is InChI=1S/C11H18N2S/c1-7(2)10-13-8(3)9(14-10)11(6-12)4-5-11/h7H,4-6,12H2,1-3H3. The molecule has 0 atom stereocenters. The molecule has 2 nitrogen and oxygen atoms in total. The molecule has 0 saturated heterocycles. The Morgan fingerprint density at radius 1 is 1.50 bits per heavy atom. The van der Waals surface area contributed by atoms with Crippen LogP contribution in [0.25, 0.3) is 0 Å². The predicted molar refractivity (Wildman–Crippen MR) is 60.9 cm³/mol. The first kappa shape index (κ1) is 10.1. The van der Waals surface area contributed by atoms with Crippen molar-refractivity contribution >= 4 is 11.3 Å². The highest BCUT2D eigenvalue weighted by Gasteiger charge is 2.45. The van der Waals surface area contributed by atoms with Crippen molar-refractivity contribution in [1.82, 2.24) is 4.98 Å². The molecule has 1 saturated carbocycles. The average Bonchev–Trinajstić information content (AvgIpc) is 2.84. The lowest BCUT2D eigenvalue weighted by atomic mass is 10.0. The Hall–Kier alpha value is -0.410. The van der Waals surface area contributed by atoms with Crippen LogP contribution < -0.4 is 5.73 Å². The quantitative estimate of drug-likeness (QED) is 0.832. The van der Waals surface area contributed by atoms with Gasteiger partial charge in [-0.25, -0.2) is 4.98 Å². The van der Waals surface area contributed by atoms with Crippen LogP contribution in [0.1, 0.15) is 48.2 Å². The van der Waals surface area contributed by atoms with E-state index >= 15 is 0 Å². The van der Waals surface area contributed by atoms with Gasteiger partial charge in [-0.2, -0.15) is 0 Å². The average molecular weight is 210 g/mol. The van der Waals surface area contributed by atoms with E-state index in [2.05, 4.69) is 25.8 Å². The van der Waals surface area contributed by atoms with Crippen LogP contribution in [0.15, 0.2) is 0 Å². The largest absolute Gasteiger partial charge is 0.330 e. The van der Waals surface area contributed by atoms with Gasteiger partial charge in [0, 0.05) is 22.8 Å². The number of thiazole rings is 1. The molecule has 1 aliphatic rings. The van der Waals surface area contributed by atoms with E-state index < -0.39 is 0 Å². The lowest BCUT2D eigenvalue weighted by Crippen LogP contribution is -2.19. The molecule has 1 heterocycles. The number of aryl methyl sites for hydroxylation is 1. The maximum atomic E-state index is 5.83. The lowest BCUT2D eigenvalue weighted by molar-refractivity contribution is 0.711. The zero-order chi connectivity index (χ0) is 10.3. The summed E-state index contributed by atoms with van der Waals surface area (Å²) in [7, 11) is 0. The summed E-state index contributed by atoms with van der Waals surface area (Å²) >= 11 is 1.87. The molecule has 2 N–H and O–H groups in total. The second kappa shape index (κ2) is 3.31. The fraction of sp³-hybridized carbons (Fsp3) is 0.727. The molecule has 3 heteroatoms. The van der Waals surface area contributed by atoms with Gasteiger partial charge >= 0.3 is 0 Å². The lowest BCUT2D eigenvalue weighted by Gasteiger charge is -2.09. The van der Waals surface area contributed by atoms with E-state index in [4.69, 9.17) is 5.73 Å². The van der Waals surface area contributed by atoms with Crippen LogP contribution in [0.3, 0.4) is 0 Å². The van der Waals surface area contributed by atoms with Crippen LogP contribution in [-0.2, 0) is 5.41 Å². The smallest absolute Gasteiger partial charge is 0.0956 e. The summed E-state index contributed by atoms with van der Waals surface area (Å²) in [6.07, 6.45) is 2.51. The van der Waals surface area contributed by atoms with Crippen molar-refractivity contribution in [2.75, 3.05) is 6.54 Å². The SMILES string of the molecule is Cc1nc(C(C)C)sc1C1(CN)CC1. The molecule has 0 spiro atoms. The van der Waals surface area contributed by atoms with Crippen molar-refractivity contribution in [3.8, 4) is 0 Å². The number of nitrogens with two attached hydrogens (primary N) is 1. The molecule has 1 aromatic rings. The van der Waals surface area contributed by atoms with E-state index in [1.165, 1.54) is 28.4 Å². The molecule has 0 aromatic carbocycles. The summed E-state index contributed by atoms with van der Waals surface area (Å²) in [4.78, 5) is 6.08. The van der Waals surface area contributed by atoms with Crippen molar-refractivity contribution in [2.24, 2.45) is 5.73 Å². The minimum atomic E-state index is 0.314. The molecule has 1 aliphatic carbocycles. The van der Waals surface area contributed by atoms with E-state index in [9.17, 15) is 0 Å². The second-order valence-corrected chi connectivity index (χ2v) is 5.64. The van der Waals surface area contributed by atoms with Gasteiger partial charge in [-0.3, -0.25) is 0 Å². The number of rotatable bonds is 3. The predicted octanol–water partition coefficient (Wildman–Crippen LogP) is 2.57. The Balaban J connectivity index is 2.35. The van der Waals surface area contributed by atoms with Crippen molar-refractivity contribution in [3.63, 3.8) is 0 Å². The first-order chi connectivity index (χ1) is 6.59. The molecular weight excluding hydrogens is 192 g/mol. The first-order valence-electron chi connectivity index (χ1n) is 5.27. The number of nitrogens with zero attached hydrogens (tertiary/aromatic N) is 1. The van der Waals surface area contributed by atoms with Crippen molar-refractivity contribution < 1.29 is 0 Å². The molecule has 0 aliphatic heterocycles. The van der Waals surface area contributed by atoms with Crippen LogP contribution in [-0.4, -0.2) is 11.5 Å². The number of aromatic nitrogens is 1. The zero-order valence-corrected chi connectivity index (χ0v) is 9.95. The molecule has 78 valence electrons. The topological polar surface area (TPSA) is 38.9 Å². The third-order valence-electron chi connectivity index (χ3n) is 3.03. The van der Waals surface area contributed by atoms with Gasteiger partial charge in [0.05, 0.1) is 10.7 Å². The van der Waals surface area contributed by atoms with Gasteiger partial charge in [0.15, 0.2) is 0 Å². The Labute approximate surface area is 89.5 Å². The van der Waals surface area contributed by atoms with Crippen LogP contribution in [0.2, 0.25) is 0 Å².